The van der Waals surface area contributed by atoms with Gasteiger partial charge in [-0.3, -0.25) is 0 Å². The standard InChI is InChI=1S/C80H46B2N2O2/c1-5-21-47(22-6-1)79(48-23-7-2-8-24-48)59-33-15-13-29-51(59)55-43-69-57(41-61(55)79)53-31-17-35-63-77(53)83(69)67-37-19-39-71-75(67)81(63)65-45-66-74(46-73(65)85-71)86-72-40-20-38-68-76(72)82(66)64-36-18-32-54-58-42-62-56(44-70(58)84(68)78(54)64)52-30-14-16-34-60(52)80(62,49-25-9-3-10-26-49)50-27-11-4-12-28-50/h1-46H. The van der Waals surface area contributed by atoms with Gasteiger partial charge in [-0.25, -0.2) is 0 Å². The second kappa shape index (κ2) is 16.1. The highest BCUT2D eigenvalue weighted by atomic mass is 16.5. The average molecular weight is 1090 g/mol. The minimum Gasteiger partial charge on any atom is -0.458 e. The van der Waals surface area contributed by atoms with Crippen LogP contribution in [0, 0.1) is 0 Å². The summed E-state index contributed by atoms with van der Waals surface area (Å²) in [5.41, 5.74) is 28.8. The van der Waals surface area contributed by atoms with Gasteiger partial charge >= 0.3 is 0 Å². The van der Waals surface area contributed by atoms with Gasteiger partial charge in [-0.1, -0.05) is 224 Å². The van der Waals surface area contributed by atoms with E-state index >= 15 is 0 Å². The Kier molecular flexibility index (Phi) is 8.54. The van der Waals surface area contributed by atoms with Gasteiger partial charge in [0.25, 0.3) is 13.4 Å². The van der Waals surface area contributed by atoms with Crippen LogP contribution in [0.25, 0.3) is 77.2 Å². The van der Waals surface area contributed by atoms with Gasteiger partial charge in [0, 0.05) is 50.0 Å². The van der Waals surface area contributed by atoms with Gasteiger partial charge < -0.3 is 18.6 Å². The first-order valence-electron chi connectivity index (χ1n) is 30.1. The molecule has 0 fully saturated rings. The molecule has 6 heteroatoms. The molecule has 15 aromatic rings. The van der Waals surface area contributed by atoms with Crippen LogP contribution >= 0.6 is 0 Å². The van der Waals surface area contributed by atoms with Crippen LogP contribution in [0.2, 0.25) is 0 Å². The minimum atomic E-state index is -0.515. The van der Waals surface area contributed by atoms with Crippen molar-refractivity contribution in [2.45, 2.75) is 10.8 Å². The highest BCUT2D eigenvalue weighted by Crippen LogP contribution is 2.60. The lowest BCUT2D eigenvalue weighted by atomic mass is 9.31. The Morgan fingerprint density at radius 2 is 0.651 bits per heavy atom. The molecule has 21 rings (SSSR count). The molecular weight excluding hydrogens is 1040 g/mol. The normalized spacial score (nSPS) is 14.8. The quantitative estimate of drug-likeness (QED) is 0.164. The van der Waals surface area contributed by atoms with Crippen molar-refractivity contribution in [1.29, 1.82) is 0 Å². The number of fused-ring (bicyclic) bond motifs is 20. The van der Waals surface area contributed by atoms with Gasteiger partial charge in [-0.2, -0.15) is 0 Å². The Morgan fingerprint density at radius 3 is 1.07 bits per heavy atom. The number of nitrogens with zero attached hydrogens (tertiary/aromatic N) is 2. The summed E-state index contributed by atoms with van der Waals surface area (Å²) in [7, 11) is 0. The number of para-hydroxylation sites is 2. The van der Waals surface area contributed by atoms with E-state index in [1.54, 1.807) is 0 Å². The molecule has 86 heavy (non-hydrogen) atoms. The van der Waals surface area contributed by atoms with Gasteiger partial charge in [0.15, 0.2) is 0 Å². The summed E-state index contributed by atoms with van der Waals surface area (Å²) in [5.74, 6) is 3.44. The van der Waals surface area contributed by atoms with Crippen LogP contribution in [-0.2, 0) is 10.8 Å². The van der Waals surface area contributed by atoms with Crippen molar-refractivity contribution >= 4 is 89.8 Å². The highest BCUT2D eigenvalue weighted by molar-refractivity contribution is 7.02. The Morgan fingerprint density at radius 1 is 0.267 bits per heavy atom. The first-order valence-corrected chi connectivity index (χ1v) is 30.1. The molecule has 2 aliphatic carbocycles. The number of hydrogen-bond donors (Lipinski definition) is 0. The first-order chi connectivity index (χ1) is 42.7. The molecule has 0 amide bonds. The maximum Gasteiger partial charge on any atom is 0.256 e. The smallest absolute Gasteiger partial charge is 0.256 e. The molecule has 0 radical (unpaired) electrons. The fourth-order valence-electron chi connectivity index (χ4n) is 17.6. The molecule has 0 N–H and O–H groups in total. The van der Waals surface area contributed by atoms with Crippen LogP contribution in [0.15, 0.2) is 279 Å². The molecule has 4 nitrogen and oxygen atoms in total. The fraction of sp³-hybridized carbons (Fsp3) is 0.0250. The summed E-state index contributed by atoms with van der Waals surface area (Å²) in [5, 5.41) is 4.99. The van der Waals surface area contributed by atoms with Crippen molar-refractivity contribution in [1.82, 2.24) is 9.13 Å². The summed E-state index contributed by atoms with van der Waals surface area (Å²) < 4.78 is 19.6. The number of rotatable bonds is 4. The molecule has 0 spiro atoms. The first kappa shape index (κ1) is 45.7. The van der Waals surface area contributed by atoms with E-state index in [2.05, 4.69) is 288 Å². The van der Waals surface area contributed by atoms with Crippen molar-refractivity contribution in [2.24, 2.45) is 0 Å². The topological polar surface area (TPSA) is 28.3 Å². The second-order valence-electron chi connectivity index (χ2n) is 24.4. The van der Waals surface area contributed by atoms with Crippen LogP contribution in [0.5, 0.6) is 23.0 Å². The van der Waals surface area contributed by atoms with Crippen LogP contribution in [0.1, 0.15) is 44.5 Å². The summed E-state index contributed by atoms with van der Waals surface area (Å²) in [6, 6.07) is 105. The van der Waals surface area contributed by atoms with Crippen LogP contribution in [-0.4, -0.2) is 22.6 Å². The molecule has 6 heterocycles. The zero-order valence-corrected chi connectivity index (χ0v) is 46.4. The molecule has 13 aromatic carbocycles. The Hall–Kier alpha value is -10.8. The third-order valence-corrected chi connectivity index (χ3v) is 20.8. The number of ether oxygens (including phenoxy) is 2. The van der Waals surface area contributed by atoms with E-state index in [-0.39, 0.29) is 13.4 Å². The molecule has 0 saturated carbocycles. The van der Waals surface area contributed by atoms with Gasteiger partial charge in [0.05, 0.1) is 21.9 Å². The van der Waals surface area contributed by atoms with Crippen molar-refractivity contribution in [3.05, 3.63) is 324 Å². The largest absolute Gasteiger partial charge is 0.458 e. The summed E-state index contributed by atoms with van der Waals surface area (Å²) in [6.07, 6.45) is 0. The Bertz CT molecular complexity index is 5130. The van der Waals surface area contributed by atoms with E-state index in [9.17, 15) is 0 Å². The zero-order valence-electron chi connectivity index (χ0n) is 46.4. The lowest BCUT2D eigenvalue weighted by molar-refractivity contribution is 0.465. The Labute approximate surface area is 496 Å². The number of aromatic nitrogens is 2. The maximum atomic E-state index is 7.23. The summed E-state index contributed by atoms with van der Waals surface area (Å²) >= 11 is 0. The van der Waals surface area contributed by atoms with Crippen molar-refractivity contribution in [3.63, 3.8) is 0 Å². The molecule has 394 valence electrons. The lowest BCUT2D eigenvalue weighted by Gasteiger charge is -2.36. The van der Waals surface area contributed by atoms with E-state index < -0.39 is 10.8 Å². The molecule has 6 aliphatic rings. The van der Waals surface area contributed by atoms with Crippen LogP contribution in [0.3, 0.4) is 0 Å². The summed E-state index contributed by atoms with van der Waals surface area (Å²) in [6.45, 7) is -0.198. The predicted octanol–water partition coefficient (Wildman–Crippen LogP) is 14.5. The molecule has 4 aliphatic heterocycles. The second-order valence-corrected chi connectivity index (χ2v) is 24.4. The molecule has 0 unspecified atom stereocenters. The molecule has 0 saturated heterocycles. The summed E-state index contributed by atoms with van der Waals surface area (Å²) in [4.78, 5) is 0. The van der Waals surface area contributed by atoms with Crippen molar-refractivity contribution in [3.8, 4) is 56.6 Å². The minimum absolute atomic E-state index is 0.0988. The predicted molar refractivity (Wildman–Crippen MR) is 352 cm³/mol. The van der Waals surface area contributed by atoms with Crippen molar-refractivity contribution in [2.75, 3.05) is 0 Å². The van der Waals surface area contributed by atoms with E-state index in [4.69, 9.17) is 9.47 Å². The van der Waals surface area contributed by atoms with Gasteiger partial charge in [0.1, 0.15) is 23.0 Å². The van der Waals surface area contributed by atoms with Crippen LogP contribution < -0.4 is 42.3 Å². The maximum absolute atomic E-state index is 7.23. The third kappa shape index (κ3) is 5.34. The molecule has 0 atom stereocenters. The molecular formula is C80H46B2N2O2. The van der Waals surface area contributed by atoms with Crippen LogP contribution in [0.4, 0.5) is 0 Å². The van der Waals surface area contributed by atoms with E-state index in [0.717, 1.165) is 45.3 Å². The van der Waals surface area contributed by atoms with Gasteiger partial charge in [-0.15, -0.1) is 0 Å². The third-order valence-electron chi connectivity index (χ3n) is 20.8. The Balaban J connectivity index is 0.785. The van der Waals surface area contributed by atoms with Gasteiger partial charge in [-0.05, 0) is 148 Å². The monoisotopic (exact) mass is 1090 g/mol. The van der Waals surface area contributed by atoms with Gasteiger partial charge in [0.2, 0.25) is 0 Å². The van der Waals surface area contributed by atoms with E-state index in [1.807, 2.05) is 0 Å². The van der Waals surface area contributed by atoms with Crippen molar-refractivity contribution < 1.29 is 9.47 Å². The lowest BCUT2D eigenvalue weighted by Crippen LogP contribution is -2.62. The highest BCUT2D eigenvalue weighted by Gasteiger charge is 2.50. The number of hydrogen-bond acceptors (Lipinski definition) is 2. The molecule has 0 bridgehead atoms. The fourth-order valence-corrected chi connectivity index (χ4v) is 17.6. The number of benzene rings is 13. The zero-order chi connectivity index (χ0) is 55.7. The van der Waals surface area contributed by atoms with E-state index in [0.29, 0.717) is 0 Å². The average Bonchev–Trinajstić information content (AvgIpc) is 1.51. The SMILES string of the molecule is c1ccc(C2(c3ccccc3)c3ccccc3-c3cc4c(cc32)c2cccc3c2n4-c2cccc4c2B3c2cc3c(cc2O4)Oc2cccc4c2B3c2cccc3c5cc6c(cc5n-4c23)-c2ccccc2C6(c2ccccc2)c2ccccc2)cc1. The van der Waals surface area contributed by atoms with E-state index in [1.165, 1.54) is 132 Å². The molecule has 2 aromatic heterocycles.